The summed E-state index contributed by atoms with van der Waals surface area (Å²) in [6.45, 7) is 10.4. The standard InChI is InChI=1S/C22H28N2O2.C19H21BrN2O3/c1-22(2,3)17-7-9-19(20(13-17)26-5)21(25)23-18-8-6-15-10-11-24(4)14-16(15)12-18;1-22-7-6-12-4-5-14(8-13(12)11-22)21-19(23)15-9-16(20)18(25-3)10-17(15)24-2/h6-9,12-13H,10-11,14H2,1-5H3,(H,23,25);4-5,8-10H,6-7,11H2,1-3H3,(H,21,23). The van der Waals surface area contributed by atoms with Crippen LogP contribution in [0.4, 0.5) is 11.4 Å². The van der Waals surface area contributed by atoms with Crippen LogP contribution in [0.5, 0.6) is 17.2 Å². The molecule has 0 saturated heterocycles. The Morgan fingerprint density at radius 3 is 1.61 bits per heavy atom. The topological polar surface area (TPSA) is 92.4 Å². The number of carbonyl (C=O) groups is 2. The van der Waals surface area contributed by atoms with Crippen molar-refractivity contribution in [2.24, 2.45) is 0 Å². The first-order valence-corrected chi connectivity index (χ1v) is 17.9. The number of nitrogens with one attached hydrogen (secondary N) is 2. The van der Waals surface area contributed by atoms with Crippen molar-refractivity contribution >= 4 is 39.1 Å². The monoisotopic (exact) mass is 756 g/mol. The minimum absolute atomic E-state index is 0.00675. The Bertz CT molecular complexity index is 1900. The van der Waals surface area contributed by atoms with Gasteiger partial charge in [0.15, 0.2) is 0 Å². The fourth-order valence-corrected chi connectivity index (χ4v) is 6.84. The van der Waals surface area contributed by atoms with Gasteiger partial charge in [-0.15, -0.1) is 0 Å². The molecular formula is C41H49BrN4O5. The van der Waals surface area contributed by atoms with Gasteiger partial charge in [0.25, 0.3) is 11.8 Å². The smallest absolute Gasteiger partial charge is 0.259 e. The third-order valence-corrected chi connectivity index (χ3v) is 9.98. The number of nitrogens with zero attached hydrogens (tertiary/aromatic N) is 2. The van der Waals surface area contributed by atoms with E-state index in [4.69, 9.17) is 14.2 Å². The Hall–Kier alpha value is -4.38. The van der Waals surface area contributed by atoms with Crippen molar-refractivity contribution in [3.05, 3.63) is 110 Å². The summed E-state index contributed by atoms with van der Waals surface area (Å²) >= 11 is 3.41. The maximum Gasteiger partial charge on any atom is 0.259 e. The van der Waals surface area contributed by atoms with Crippen LogP contribution in [0, 0.1) is 0 Å². The number of ether oxygens (including phenoxy) is 3. The SMILES string of the molecule is COc1cc(C(C)(C)C)ccc1C(=O)Nc1ccc2c(c1)CN(C)CC2.COc1cc(OC)c(C(=O)Nc2ccc3c(c2)CN(C)CC3)cc1Br. The van der Waals surface area contributed by atoms with E-state index in [1.165, 1.54) is 29.4 Å². The molecule has 6 rings (SSSR count). The lowest BCUT2D eigenvalue weighted by atomic mass is 9.86. The average Bonchev–Trinajstić information content (AvgIpc) is 3.10. The minimum atomic E-state index is -0.218. The van der Waals surface area contributed by atoms with Crippen LogP contribution < -0.4 is 24.8 Å². The fraction of sp³-hybridized carbons (Fsp3) is 0.366. The number of hydrogen-bond acceptors (Lipinski definition) is 7. The maximum absolute atomic E-state index is 12.8. The first-order valence-electron chi connectivity index (χ1n) is 17.1. The Balaban J connectivity index is 0.000000198. The molecule has 2 N–H and O–H groups in total. The lowest BCUT2D eigenvalue weighted by molar-refractivity contribution is 0.101. The van der Waals surface area contributed by atoms with Crippen molar-refractivity contribution in [2.75, 3.05) is 59.1 Å². The van der Waals surface area contributed by atoms with Gasteiger partial charge in [-0.25, -0.2) is 0 Å². The number of likely N-dealkylation sites (N-methyl/N-ethyl adjacent to an activating group) is 2. The van der Waals surface area contributed by atoms with Crippen LogP contribution in [-0.4, -0.2) is 70.1 Å². The largest absolute Gasteiger partial charge is 0.496 e. The van der Waals surface area contributed by atoms with Gasteiger partial charge in [-0.05, 0) is 119 Å². The van der Waals surface area contributed by atoms with Crippen molar-refractivity contribution in [2.45, 2.75) is 52.1 Å². The highest BCUT2D eigenvalue weighted by Crippen LogP contribution is 2.34. The number of amides is 2. The molecule has 0 fully saturated rings. The van der Waals surface area contributed by atoms with Crippen molar-refractivity contribution in [1.29, 1.82) is 0 Å². The molecule has 2 aliphatic rings. The van der Waals surface area contributed by atoms with Crippen LogP contribution in [0.1, 0.15) is 69.3 Å². The van der Waals surface area contributed by atoms with Gasteiger partial charge in [-0.3, -0.25) is 9.59 Å². The van der Waals surface area contributed by atoms with Gasteiger partial charge in [-0.1, -0.05) is 39.0 Å². The zero-order chi connectivity index (χ0) is 36.9. The molecule has 51 heavy (non-hydrogen) atoms. The number of hydrogen-bond donors (Lipinski definition) is 2. The van der Waals surface area contributed by atoms with E-state index in [9.17, 15) is 9.59 Å². The van der Waals surface area contributed by atoms with Gasteiger partial charge in [0.2, 0.25) is 0 Å². The molecule has 4 aromatic rings. The minimum Gasteiger partial charge on any atom is -0.496 e. The van der Waals surface area contributed by atoms with Crippen LogP contribution in [0.3, 0.4) is 0 Å². The zero-order valence-corrected chi connectivity index (χ0v) is 32.5. The van der Waals surface area contributed by atoms with Gasteiger partial charge in [-0.2, -0.15) is 0 Å². The second-order valence-corrected chi connectivity index (χ2v) is 15.1. The van der Waals surface area contributed by atoms with E-state index < -0.39 is 0 Å². The molecule has 2 aliphatic heterocycles. The fourth-order valence-electron chi connectivity index (χ4n) is 6.33. The number of carbonyl (C=O) groups excluding carboxylic acids is 2. The number of benzene rings is 4. The summed E-state index contributed by atoms with van der Waals surface area (Å²) in [5, 5.41) is 5.98. The number of anilines is 2. The molecular weight excluding hydrogens is 708 g/mol. The Morgan fingerprint density at radius 2 is 1.12 bits per heavy atom. The van der Waals surface area contributed by atoms with Crippen LogP contribution >= 0.6 is 15.9 Å². The average molecular weight is 758 g/mol. The third-order valence-electron chi connectivity index (χ3n) is 9.37. The lowest BCUT2D eigenvalue weighted by Crippen LogP contribution is -2.26. The van der Waals surface area contributed by atoms with Gasteiger partial charge in [0, 0.05) is 43.6 Å². The predicted molar refractivity (Wildman–Crippen MR) is 208 cm³/mol. The van der Waals surface area contributed by atoms with E-state index in [2.05, 4.69) is 89.4 Å². The van der Waals surface area contributed by atoms with Crippen LogP contribution in [-0.2, 0) is 31.3 Å². The van der Waals surface area contributed by atoms with Gasteiger partial charge < -0.3 is 34.6 Å². The molecule has 0 spiro atoms. The van der Waals surface area contributed by atoms with E-state index >= 15 is 0 Å². The Kier molecular flexibility index (Phi) is 12.1. The highest BCUT2D eigenvalue weighted by molar-refractivity contribution is 9.10. The Morgan fingerprint density at radius 1 is 0.627 bits per heavy atom. The maximum atomic E-state index is 12.8. The molecule has 0 unspecified atom stereocenters. The third kappa shape index (κ3) is 9.30. The highest BCUT2D eigenvalue weighted by atomic mass is 79.9. The predicted octanol–water partition coefficient (Wildman–Crippen LogP) is 7.94. The quantitative estimate of drug-likeness (QED) is 0.198. The van der Waals surface area contributed by atoms with Gasteiger partial charge in [0.05, 0.1) is 36.9 Å². The van der Waals surface area contributed by atoms with Crippen LogP contribution in [0.2, 0.25) is 0 Å². The summed E-state index contributed by atoms with van der Waals surface area (Å²) in [6, 6.07) is 21.5. The summed E-state index contributed by atoms with van der Waals surface area (Å²) in [7, 11) is 8.94. The second-order valence-electron chi connectivity index (χ2n) is 14.2. The highest BCUT2D eigenvalue weighted by Gasteiger charge is 2.21. The lowest BCUT2D eigenvalue weighted by Gasteiger charge is -2.25. The molecule has 270 valence electrons. The molecule has 0 radical (unpaired) electrons. The van der Waals surface area contributed by atoms with E-state index in [0.717, 1.165) is 56.0 Å². The van der Waals surface area contributed by atoms with Crippen molar-refractivity contribution in [3.63, 3.8) is 0 Å². The van der Waals surface area contributed by atoms with Crippen LogP contribution in [0.15, 0.2) is 71.2 Å². The van der Waals surface area contributed by atoms with Crippen molar-refractivity contribution in [1.82, 2.24) is 9.80 Å². The summed E-state index contributed by atoms with van der Waals surface area (Å²) in [5.74, 6) is 1.32. The van der Waals surface area contributed by atoms with E-state index in [1.54, 1.807) is 26.4 Å². The van der Waals surface area contributed by atoms with E-state index in [-0.39, 0.29) is 17.2 Å². The van der Waals surface area contributed by atoms with Gasteiger partial charge >= 0.3 is 0 Å². The molecule has 0 saturated carbocycles. The molecule has 4 aromatic carbocycles. The van der Waals surface area contributed by atoms with Gasteiger partial charge in [0.1, 0.15) is 17.2 Å². The number of halogens is 1. The first kappa shape index (κ1) is 37.9. The van der Waals surface area contributed by atoms with Crippen LogP contribution in [0.25, 0.3) is 0 Å². The molecule has 0 aromatic heterocycles. The molecule has 2 heterocycles. The number of rotatable bonds is 7. The molecule has 9 nitrogen and oxygen atoms in total. The molecule has 0 bridgehead atoms. The number of fused-ring (bicyclic) bond motifs is 2. The first-order chi connectivity index (χ1) is 24.3. The van der Waals surface area contributed by atoms with Crippen molar-refractivity contribution in [3.8, 4) is 17.2 Å². The summed E-state index contributed by atoms with van der Waals surface area (Å²) in [4.78, 5) is 30.1. The second kappa shape index (κ2) is 16.3. The summed E-state index contributed by atoms with van der Waals surface area (Å²) in [5.41, 5.74) is 9.02. The number of methoxy groups -OCH3 is 3. The molecule has 0 atom stereocenters. The normalized spacial score (nSPS) is 14.3. The van der Waals surface area contributed by atoms with Crippen molar-refractivity contribution < 1.29 is 23.8 Å². The van der Waals surface area contributed by atoms with E-state index in [0.29, 0.717) is 32.8 Å². The summed E-state index contributed by atoms with van der Waals surface area (Å²) in [6.07, 6.45) is 2.10. The summed E-state index contributed by atoms with van der Waals surface area (Å²) < 4.78 is 16.8. The molecule has 2 amide bonds. The van der Waals surface area contributed by atoms with E-state index in [1.807, 2.05) is 36.4 Å². The molecule has 10 heteroatoms. The zero-order valence-electron chi connectivity index (χ0n) is 30.9. The molecule has 0 aliphatic carbocycles. The Labute approximate surface area is 310 Å².